The molecule has 0 aromatic heterocycles. The molecule has 1 N–H and O–H groups in total. The Bertz CT molecular complexity index is 985. The summed E-state index contributed by atoms with van der Waals surface area (Å²) in [6.45, 7) is 1.39. The van der Waals surface area contributed by atoms with Crippen LogP contribution in [0.25, 0.3) is 5.57 Å². The van der Waals surface area contributed by atoms with E-state index < -0.39 is 11.7 Å². The molecule has 0 spiro atoms. The summed E-state index contributed by atoms with van der Waals surface area (Å²) in [4.78, 5) is 12.6. The van der Waals surface area contributed by atoms with Gasteiger partial charge in [-0.15, -0.1) is 0 Å². The van der Waals surface area contributed by atoms with Crippen molar-refractivity contribution < 1.29 is 32.2 Å². The van der Waals surface area contributed by atoms with Crippen molar-refractivity contribution in [2.24, 2.45) is 0 Å². The summed E-state index contributed by atoms with van der Waals surface area (Å²) < 4.78 is 55.7. The number of amides is 1. The van der Waals surface area contributed by atoms with Crippen LogP contribution in [0.5, 0.6) is 17.2 Å². The Balaban J connectivity index is 1.56. The van der Waals surface area contributed by atoms with Crippen molar-refractivity contribution in [2.45, 2.75) is 25.4 Å². The molecule has 0 saturated heterocycles. The molecule has 0 fully saturated rings. The lowest BCUT2D eigenvalue weighted by Crippen LogP contribution is -2.09. The lowest BCUT2D eigenvalue weighted by atomic mass is 9.99. The molecule has 0 unspecified atom stereocenters. The van der Waals surface area contributed by atoms with Gasteiger partial charge >= 0.3 is 6.18 Å². The van der Waals surface area contributed by atoms with E-state index in [9.17, 15) is 18.0 Å². The fourth-order valence-corrected chi connectivity index (χ4v) is 3.39. The molecule has 8 heteroatoms. The quantitative estimate of drug-likeness (QED) is 0.692. The molecular formula is C22H20F3NO4. The number of anilines is 1. The van der Waals surface area contributed by atoms with Crippen molar-refractivity contribution in [3.63, 3.8) is 0 Å². The first-order chi connectivity index (χ1) is 14.4. The molecule has 158 valence electrons. The van der Waals surface area contributed by atoms with Gasteiger partial charge in [0.05, 0.1) is 25.4 Å². The summed E-state index contributed by atoms with van der Waals surface area (Å²) in [5.41, 5.74) is 0.884. The van der Waals surface area contributed by atoms with Crippen LogP contribution in [0.15, 0.2) is 42.5 Å². The second kappa shape index (κ2) is 8.30. The smallest absolute Gasteiger partial charge is 0.416 e. The van der Waals surface area contributed by atoms with E-state index >= 15 is 0 Å². The SMILES string of the molecule is O=C(C=C1CCCOc2cc(C(F)(F)F)ccc21)Nc1ccc2c(c1)OCCCO2. The number of halogens is 3. The van der Waals surface area contributed by atoms with Gasteiger partial charge in [-0.1, -0.05) is 6.07 Å². The molecule has 0 saturated carbocycles. The second-order valence-corrected chi connectivity index (χ2v) is 7.03. The molecule has 2 aliphatic rings. The summed E-state index contributed by atoms with van der Waals surface area (Å²) in [5.74, 6) is 0.939. The summed E-state index contributed by atoms with van der Waals surface area (Å²) in [5, 5.41) is 2.77. The molecule has 0 bridgehead atoms. The number of rotatable bonds is 2. The van der Waals surface area contributed by atoms with E-state index in [4.69, 9.17) is 14.2 Å². The number of alkyl halides is 3. The van der Waals surface area contributed by atoms with Gasteiger partial charge in [0, 0.05) is 29.8 Å². The number of nitrogens with one attached hydrogen (secondary N) is 1. The summed E-state index contributed by atoms with van der Waals surface area (Å²) in [6.07, 6.45) is -1.15. The normalized spacial score (nSPS) is 17.4. The summed E-state index contributed by atoms with van der Waals surface area (Å²) in [6, 6.07) is 8.48. The molecule has 2 aromatic rings. The van der Waals surface area contributed by atoms with Crippen molar-refractivity contribution in [1.82, 2.24) is 0 Å². The van der Waals surface area contributed by atoms with Gasteiger partial charge < -0.3 is 19.5 Å². The monoisotopic (exact) mass is 419 g/mol. The molecule has 30 heavy (non-hydrogen) atoms. The third kappa shape index (κ3) is 4.53. The number of hydrogen-bond donors (Lipinski definition) is 1. The molecule has 0 aliphatic carbocycles. The maximum atomic E-state index is 13.0. The number of fused-ring (bicyclic) bond motifs is 2. The number of carbonyl (C=O) groups excluding carboxylic acids is 1. The summed E-state index contributed by atoms with van der Waals surface area (Å²) in [7, 11) is 0. The van der Waals surface area contributed by atoms with Crippen molar-refractivity contribution >= 4 is 17.2 Å². The van der Waals surface area contributed by atoms with Gasteiger partial charge in [0.1, 0.15) is 5.75 Å². The minimum Gasteiger partial charge on any atom is -0.493 e. The first kappa shape index (κ1) is 20.1. The van der Waals surface area contributed by atoms with E-state index in [2.05, 4.69) is 5.32 Å². The molecule has 2 aromatic carbocycles. The standard InChI is InChI=1S/C22H20F3NO4/c23-22(24,25)15-4-6-17-14(3-1-8-29-19(17)12-15)11-21(27)26-16-5-7-18-20(13-16)30-10-2-9-28-18/h4-7,11-13H,1-3,8-10H2,(H,26,27). The lowest BCUT2D eigenvalue weighted by molar-refractivity contribution is -0.137. The summed E-state index contributed by atoms with van der Waals surface area (Å²) >= 11 is 0. The van der Waals surface area contributed by atoms with E-state index in [1.54, 1.807) is 18.2 Å². The van der Waals surface area contributed by atoms with Gasteiger partial charge in [-0.05, 0) is 42.7 Å². The molecule has 0 radical (unpaired) electrons. The molecule has 1 amide bonds. The van der Waals surface area contributed by atoms with Crippen LogP contribution >= 0.6 is 0 Å². The van der Waals surface area contributed by atoms with Gasteiger partial charge in [0.2, 0.25) is 5.91 Å². The first-order valence-electron chi connectivity index (χ1n) is 9.66. The number of carbonyl (C=O) groups is 1. The highest BCUT2D eigenvalue weighted by Crippen LogP contribution is 2.38. The Kier molecular flexibility index (Phi) is 5.57. The highest BCUT2D eigenvalue weighted by Gasteiger charge is 2.32. The zero-order valence-electron chi connectivity index (χ0n) is 16.1. The first-order valence-corrected chi connectivity index (χ1v) is 9.66. The van der Waals surface area contributed by atoms with Gasteiger partial charge in [0.15, 0.2) is 11.5 Å². The van der Waals surface area contributed by atoms with Crippen molar-refractivity contribution in [3.05, 3.63) is 53.6 Å². The Morgan fingerprint density at radius 1 is 0.900 bits per heavy atom. The highest BCUT2D eigenvalue weighted by atomic mass is 19.4. The van der Waals surface area contributed by atoms with Gasteiger partial charge in [-0.3, -0.25) is 4.79 Å². The number of ether oxygens (including phenoxy) is 3. The lowest BCUT2D eigenvalue weighted by Gasteiger charge is -2.13. The Morgan fingerprint density at radius 2 is 1.63 bits per heavy atom. The minimum absolute atomic E-state index is 0.136. The third-order valence-corrected chi connectivity index (χ3v) is 4.82. The Hall–Kier alpha value is -3.16. The fraction of sp³-hybridized carbons (Fsp3) is 0.318. The predicted molar refractivity (Wildman–Crippen MR) is 105 cm³/mol. The average molecular weight is 419 g/mol. The fourth-order valence-electron chi connectivity index (χ4n) is 3.39. The van der Waals surface area contributed by atoms with E-state index in [1.165, 1.54) is 12.1 Å². The van der Waals surface area contributed by atoms with Crippen LogP contribution < -0.4 is 19.5 Å². The van der Waals surface area contributed by atoms with Crippen molar-refractivity contribution in [3.8, 4) is 17.2 Å². The van der Waals surface area contributed by atoms with Crippen LogP contribution in [0.4, 0.5) is 18.9 Å². The van der Waals surface area contributed by atoms with E-state index in [0.29, 0.717) is 54.4 Å². The maximum absolute atomic E-state index is 13.0. The Labute approximate surface area is 171 Å². The molecule has 2 aliphatic heterocycles. The molecule has 4 rings (SSSR count). The number of hydrogen-bond acceptors (Lipinski definition) is 4. The van der Waals surface area contributed by atoms with Crippen LogP contribution in [0.2, 0.25) is 0 Å². The number of benzene rings is 2. The second-order valence-electron chi connectivity index (χ2n) is 7.03. The van der Waals surface area contributed by atoms with E-state index in [0.717, 1.165) is 18.6 Å². The van der Waals surface area contributed by atoms with Crippen LogP contribution in [-0.4, -0.2) is 25.7 Å². The van der Waals surface area contributed by atoms with Crippen LogP contribution in [0.3, 0.4) is 0 Å². The van der Waals surface area contributed by atoms with Crippen LogP contribution in [0.1, 0.15) is 30.4 Å². The zero-order valence-corrected chi connectivity index (χ0v) is 16.1. The van der Waals surface area contributed by atoms with Crippen molar-refractivity contribution in [2.75, 3.05) is 25.1 Å². The van der Waals surface area contributed by atoms with Gasteiger partial charge in [0.25, 0.3) is 0 Å². The van der Waals surface area contributed by atoms with Crippen LogP contribution in [0, 0.1) is 0 Å². The van der Waals surface area contributed by atoms with Gasteiger partial charge in [-0.25, -0.2) is 0 Å². The van der Waals surface area contributed by atoms with E-state index in [-0.39, 0.29) is 18.3 Å². The average Bonchev–Trinajstić information content (AvgIpc) is 3.05. The number of allylic oxidation sites excluding steroid dienone is 1. The largest absolute Gasteiger partial charge is 0.493 e. The van der Waals surface area contributed by atoms with Gasteiger partial charge in [-0.2, -0.15) is 13.2 Å². The van der Waals surface area contributed by atoms with Crippen LogP contribution in [-0.2, 0) is 11.0 Å². The molecular weight excluding hydrogens is 399 g/mol. The highest BCUT2D eigenvalue weighted by molar-refractivity contribution is 6.04. The predicted octanol–water partition coefficient (Wildman–Crippen LogP) is 5.06. The molecule has 0 atom stereocenters. The minimum atomic E-state index is -4.46. The Morgan fingerprint density at radius 3 is 2.43 bits per heavy atom. The maximum Gasteiger partial charge on any atom is 0.416 e. The molecule has 5 nitrogen and oxygen atoms in total. The topological polar surface area (TPSA) is 56.8 Å². The van der Waals surface area contributed by atoms with Crippen molar-refractivity contribution in [1.29, 1.82) is 0 Å². The van der Waals surface area contributed by atoms with E-state index in [1.807, 2.05) is 0 Å². The third-order valence-electron chi connectivity index (χ3n) is 4.82. The zero-order chi connectivity index (χ0) is 21.1. The molecule has 2 heterocycles.